The van der Waals surface area contributed by atoms with Crippen LogP contribution in [0.3, 0.4) is 0 Å². The molecule has 2 aromatic carbocycles. The molecule has 2 heterocycles. The predicted octanol–water partition coefficient (Wildman–Crippen LogP) is 4.37. The van der Waals surface area contributed by atoms with Crippen LogP contribution in [0.4, 0.5) is 0 Å². The lowest BCUT2D eigenvalue weighted by Crippen LogP contribution is -2.09. The summed E-state index contributed by atoms with van der Waals surface area (Å²) in [6.45, 7) is 0.573. The first-order chi connectivity index (χ1) is 14.7. The van der Waals surface area contributed by atoms with Gasteiger partial charge in [0.2, 0.25) is 0 Å². The largest absolute Gasteiger partial charge is 0.332 e. The lowest BCUT2D eigenvalue weighted by molar-refractivity contribution is 0.0891. The van der Waals surface area contributed by atoms with Crippen molar-refractivity contribution >= 4 is 11.6 Å². The lowest BCUT2D eigenvalue weighted by Gasteiger charge is -2.05. The van der Waals surface area contributed by atoms with E-state index in [1.54, 1.807) is 31.0 Å². The quantitative estimate of drug-likeness (QED) is 0.328. The highest BCUT2D eigenvalue weighted by atomic mass is 16.1. The van der Waals surface area contributed by atoms with Crippen LogP contribution in [0.5, 0.6) is 0 Å². The Labute approximate surface area is 175 Å². The zero-order valence-electron chi connectivity index (χ0n) is 16.4. The van der Waals surface area contributed by atoms with Crippen LogP contribution in [0.2, 0.25) is 0 Å². The summed E-state index contributed by atoms with van der Waals surface area (Å²) < 4.78 is 1.81. The molecule has 0 fully saturated rings. The Morgan fingerprint density at radius 3 is 2.43 bits per heavy atom. The highest BCUT2D eigenvalue weighted by Crippen LogP contribution is 2.14. The third kappa shape index (κ3) is 4.94. The fourth-order valence-electron chi connectivity index (χ4n) is 3.32. The van der Waals surface area contributed by atoms with Gasteiger partial charge in [-0.05, 0) is 35.2 Å². The number of hydrogen-bond donors (Lipinski definition) is 0. The maximum Gasteiger partial charge on any atom is 0.190 e. The van der Waals surface area contributed by atoms with Crippen molar-refractivity contribution in [1.29, 1.82) is 0 Å². The Balaban J connectivity index is 1.40. The van der Waals surface area contributed by atoms with Crippen LogP contribution >= 0.6 is 0 Å². The van der Waals surface area contributed by atoms with Crippen LogP contribution in [0.25, 0.3) is 0 Å². The Morgan fingerprint density at radius 2 is 1.63 bits per heavy atom. The molecule has 2 aromatic heterocycles. The van der Waals surface area contributed by atoms with E-state index < -0.39 is 0 Å². The first-order valence-electron chi connectivity index (χ1n) is 9.77. The van der Waals surface area contributed by atoms with Crippen LogP contribution in [-0.2, 0) is 13.0 Å². The zero-order chi connectivity index (χ0) is 20.8. The Bertz CT molecular complexity index is 1150. The smallest absolute Gasteiger partial charge is 0.190 e. The zero-order valence-corrected chi connectivity index (χ0v) is 16.4. The fraction of sp³-hybridized carbons (Fsp3) is 0.120. The van der Waals surface area contributed by atoms with Gasteiger partial charge in [-0.1, -0.05) is 54.6 Å². The molecule has 4 rings (SSSR count). The van der Waals surface area contributed by atoms with Crippen molar-refractivity contribution in [2.75, 3.05) is 0 Å². The van der Waals surface area contributed by atoms with E-state index in [4.69, 9.17) is 0 Å². The number of pyridine rings is 1. The SMILES string of the molecule is O=C(CC(=O)c1cn(Cc2cccnc2)cn1)c1cccc(Cc2ccccc2)c1. The molecule has 0 spiro atoms. The van der Waals surface area contributed by atoms with Gasteiger partial charge < -0.3 is 4.57 Å². The normalized spacial score (nSPS) is 10.7. The summed E-state index contributed by atoms with van der Waals surface area (Å²) in [6, 6.07) is 21.4. The molecule has 30 heavy (non-hydrogen) atoms. The van der Waals surface area contributed by atoms with Gasteiger partial charge in [-0.2, -0.15) is 0 Å². The highest BCUT2D eigenvalue weighted by Gasteiger charge is 2.16. The number of carbonyl (C=O) groups is 2. The van der Waals surface area contributed by atoms with Gasteiger partial charge in [0, 0.05) is 24.2 Å². The van der Waals surface area contributed by atoms with E-state index in [2.05, 4.69) is 22.1 Å². The second-order valence-corrected chi connectivity index (χ2v) is 7.18. The van der Waals surface area contributed by atoms with Crippen LogP contribution < -0.4 is 0 Å². The van der Waals surface area contributed by atoms with Crippen LogP contribution in [-0.4, -0.2) is 26.1 Å². The standard InChI is InChI=1S/C25H21N3O2/c29-24(22-10-4-8-20(13-22)12-19-6-2-1-3-7-19)14-25(30)23-17-28(18-27-23)16-21-9-5-11-26-15-21/h1-11,13,15,17-18H,12,14,16H2. The molecular formula is C25H21N3O2. The Morgan fingerprint density at radius 1 is 0.833 bits per heavy atom. The molecule has 0 saturated heterocycles. The molecule has 5 nitrogen and oxygen atoms in total. The molecule has 4 aromatic rings. The van der Waals surface area contributed by atoms with Gasteiger partial charge >= 0.3 is 0 Å². The summed E-state index contributed by atoms with van der Waals surface area (Å²) in [6.07, 6.45) is 7.31. The van der Waals surface area contributed by atoms with Crippen molar-refractivity contribution in [2.45, 2.75) is 19.4 Å². The van der Waals surface area contributed by atoms with E-state index in [0.29, 0.717) is 17.8 Å². The molecule has 0 atom stereocenters. The average Bonchev–Trinajstić information content (AvgIpc) is 3.24. The van der Waals surface area contributed by atoms with Crippen molar-refractivity contribution in [1.82, 2.24) is 14.5 Å². The van der Waals surface area contributed by atoms with Crippen molar-refractivity contribution in [3.05, 3.63) is 120 Å². The number of ketones is 2. The molecule has 0 bridgehead atoms. The molecule has 0 aliphatic rings. The third-order valence-corrected chi connectivity index (χ3v) is 4.83. The molecule has 0 amide bonds. The number of rotatable bonds is 8. The maximum atomic E-state index is 12.7. The molecule has 5 heteroatoms. The van der Waals surface area contributed by atoms with Crippen LogP contribution in [0, 0.1) is 0 Å². The van der Waals surface area contributed by atoms with Gasteiger partial charge in [-0.25, -0.2) is 4.98 Å². The number of hydrogen-bond acceptors (Lipinski definition) is 4. The van der Waals surface area contributed by atoms with E-state index in [1.165, 1.54) is 5.56 Å². The number of benzene rings is 2. The first kappa shape index (κ1) is 19.5. The summed E-state index contributed by atoms with van der Waals surface area (Å²) in [5, 5.41) is 0. The van der Waals surface area contributed by atoms with E-state index in [-0.39, 0.29) is 18.0 Å². The summed E-state index contributed by atoms with van der Waals surface area (Å²) >= 11 is 0. The summed E-state index contributed by atoms with van der Waals surface area (Å²) in [4.78, 5) is 33.5. The minimum absolute atomic E-state index is 0.196. The highest BCUT2D eigenvalue weighted by molar-refractivity contribution is 6.12. The molecule has 0 unspecified atom stereocenters. The van der Waals surface area contributed by atoms with Crippen molar-refractivity contribution in [2.24, 2.45) is 0 Å². The number of carbonyl (C=O) groups excluding carboxylic acids is 2. The minimum atomic E-state index is -0.279. The molecular weight excluding hydrogens is 374 g/mol. The van der Waals surface area contributed by atoms with Gasteiger partial charge in [0.1, 0.15) is 5.69 Å². The predicted molar refractivity (Wildman–Crippen MR) is 115 cm³/mol. The van der Waals surface area contributed by atoms with E-state index >= 15 is 0 Å². The number of Topliss-reactive ketones (excluding diaryl/α,β-unsaturated/α-hetero) is 2. The molecule has 0 aliphatic heterocycles. The van der Waals surface area contributed by atoms with Crippen LogP contribution in [0.15, 0.2) is 91.6 Å². The first-order valence-corrected chi connectivity index (χ1v) is 9.77. The minimum Gasteiger partial charge on any atom is -0.332 e. The topological polar surface area (TPSA) is 64.8 Å². The molecule has 148 valence electrons. The number of aromatic nitrogens is 3. The van der Waals surface area contributed by atoms with Crippen molar-refractivity contribution in [3.63, 3.8) is 0 Å². The van der Waals surface area contributed by atoms with E-state index in [0.717, 1.165) is 17.5 Å². The summed E-state index contributed by atoms with van der Waals surface area (Å²) in [7, 11) is 0. The summed E-state index contributed by atoms with van der Waals surface area (Å²) in [5.74, 6) is -0.477. The van der Waals surface area contributed by atoms with Gasteiger partial charge in [0.25, 0.3) is 0 Å². The molecule has 0 saturated carbocycles. The third-order valence-electron chi connectivity index (χ3n) is 4.83. The van der Waals surface area contributed by atoms with Gasteiger partial charge in [0.05, 0.1) is 19.3 Å². The maximum absolute atomic E-state index is 12.7. The van der Waals surface area contributed by atoms with E-state index in [9.17, 15) is 9.59 Å². The number of nitrogens with zero attached hydrogens (tertiary/aromatic N) is 3. The van der Waals surface area contributed by atoms with Gasteiger partial charge in [0.15, 0.2) is 11.6 Å². The van der Waals surface area contributed by atoms with Crippen molar-refractivity contribution < 1.29 is 9.59 Å². The van der Waals surface area contributed by atoms with Crippen molar-refractivity contribution in [3.8, 4) is 0 Å². The Kier molecular flexibility index (Phi) is 5.90. The molecule has 0 aliphatic carbocycles. The summed E-state index contributed by atoms with van der Waals surface area (Å²) in [5.41, 5.74) is 4.08. The second kappa shape index (κ2) is 9.09. The van der Waals surface area contributed by atoms with Gasteiger partial charge in [-0.3, -0.25) is 14.6 Å². The fourth-order valence-corrected chi connectivity index (χ4v) is 3.32. The lowest BCUT2D eigenvalue weighted by atomic mass is 9.99. The van der Waals surface area contributed by atoms with Crippen LogP contribution in [0.1, 0.15) is 44.0 Å². The molecule has 0 radical (unpaired) electrons. The average molecular weight is 395 g/mol. The molecule has 0 N–H and O–H groups in total. The van der Waals surface area contributed by atoms with E-state index in [1.807, 2.05) is 53.1 Å². The Hall–Kier alpha value is -3.86. The number of imidazole rings is 1. The monoisotopic (exact) mass is 395 g/mol. The van der Waals surface area contributed by atoms with Gasteiger partial charge in [-0.15, -0.1) is 0 Å². The second-order valence-electron chi connectivity index (χ2n) is 7.18.